The van der Waals surface area contributed by atoms with Gasteiger partial charge in [0.15, 0.2) is 0 Å². The first kappa shape index (κ1) is 22.2. The van der Waals surface area contributed by atoms with Crippen molar-refractivity contribution >= 4 is 11.9 Å². The third-order valence-corrected chi connectivity index (χ3v) is 5.12. The van der Waals surface area contributed by atoms with Crippen molar-refractivity contribution in [3.8, 4) is 0 Å². The molecule has 29 heavy (non-hydrogen) atoms. The van der Waals surface area contributed by atoms with Crippen LogP contribution in [0.5, 0.6) is 0 Å². The van der Waals surface area contributed by atoms with Crippen molar-refractivity contribution in [2.75, 3.05) is 0 Å². The molecule has 0 saturated carbocycles. The van der Waals surface area contributed by atoms with Crippen molar-refractivity contribution in [1.82, 2.24) is 0 Å². The summed E-state index contributed by atoms with van der Waals surface area (Å²) in [5.41, 5.74) is 3.91. The van der Waals surface area contributed by atoms with E-state index in [0.717, 1.165) is 34.4 Å². The fourth-order valence-electron chi connectivity index (χ4n) is 3.09. The molecule has 0 saturated heterocycles. The van der Waals surface area contributed by atoms with Crippen molar-refractivity contribution in [1.29, 1.82) is 0 Å². The molecule has 0 heterocycles. The van der Waals surface area contributed by atoms with Gasteiger partial charge in [0.1, 0.15) is 12.2 Å². The highest BCUT2D eigenvalue weighted by Crippen LogP contribution is 2.33. The first-order valence-electron chi connectivity index (χ1n) is 9.56. The summed E-state index contributed by atoms with van der Waals surface area (Å²) in [4.78, 5) is 22.8. The summed E-state index contributed by atoms with van der Waals surface area (Å²) < 4.78 is 10.5. The molecule has 0 radical (unpaired) electrons. The molecule has 2 rings (SSSR count). The molecule has 0 aliphatic rings. The smallest absolute Gasteiger partial charge is 0.330 e. The van der Waals surface area contributed by atoms with Gasteiger partial charge in [-0.3, -0.25) is 0 Å². The third kappa shape index (κ3) is 5.44. The molecule has 4 heteroatoms. The predicted octanol–water partition coefficient (Wildman–Crippen LogP) is 5.59. The minimum absolute atomic E-state index is 0.223. The van der Waals surface area contributed by atoms with Gasteiger partial charge >= 0.3 is 11.9 Å². The topological polar surface area (TPSA) is 52.6 Å². The lowest BCUT2D eigenvalue weighted by atomic mass is 9.77. The number of hydrogen-bond acceptors (Lipinski definition) is 4. The molecule has 2 atom stereocenters. The van der Waals surface area contributed by atoms with E-state index in [1.54, 1.807) is 0 Å². The van der Waals surface area contributed by atoms with Gasteiger partial charge in [-0.15, -0.1) is 0 Å². The van der Waals surface area contributed by atoms with E-state index in [-0.39, 0.29) is 17.6 Å². The molecule has 4 nitrogen and oxygen atoms in total. The Kier molecular flexibility index (Phi) is 7.16. The van der Waals surface area contributed by atoms with Crippen LogP contribution in [0.4, 0.5) is 0 Å². The summed E-state index contributed by atoms with van der Waals surface area (Å²) in [6.07, 6.45) is 1.65. The minimum atomic E-state index is -0.435. The fraction of sp³-hybridized carbons (Fsp3) is 0.280. The van der Waals surface area contributed by atoms with Crippen LogP contribution in [0, 0.1) is 0 Å². The lowest BCUT2D eigenvalue weighted by Gasteiger charge is -2.27. The highest BCUT2D eigenvalue weighted by molar-refractivity contribution is 5.81. The molecule has 0 bridgehead atoms. The number of benzene rings is 2. The Morgan fingerprint density at radius 2 is 1.07 bits per heavy atom. The van der Waals surface area contributed by atoms with Gasteiger partial charge in [0.05, 0.1) is 0 Å². The highest BCUT2D eigenvalue weighted by atomic mass is 16.5. The molecule has 0 spiro atoms. The van der Waals surface area contributed by atoms with Gasteiger partial charge in [-0.1, -0.05) is 75.5 Å². The fourth-order valence-corrected chi connectivity index (χ4v) is 3.09. The number of ether oxygens (including phenoxy) is 2. The van der Waals surface area contributed by atoms with Crippen LogP contribution < -0.4 is 0 Å². The molecule has 0 amide bonds. The monoisotopic (exact) mass is 392 g/mol. The Hall–Kier alpha value is -3.14. The Morgan fingerprint density at radius 3 is 1.34 bits per heavy atom. The van der Waals surface area contributed by atoms with Gasteiger partial charge in [0, 0.05) is 17.6 Å². The minimum Gasteiger partial charge on any atom is -0.455 e. The zero-order valence-electron chi connectivity index (χ0n) is 17.5. The third-order valence-electron chi connectivity index (χ3n) is 5.12. The van der Waals surface area contributed by atoms with Crippen LogP contribution in [-0.4, -0.2) is 11.9 Å². The summed E-state index contributed by atoms with van der Waals surface area (Å²) in [6.45, 7) is 14.8. The Labute approximate surface area is 172 Å². The van der Waals surface area contributed by atoms with Crippen molar-refractivity contribution < 1.29 is 19.1 Å². The molecular formula is C25H28O4. The largest absolute Gasteiger partial charge is 0.455 e. The van der Waals surface area contributed by atoms with E-state index in [4.69, 9.17) is 9.47 Å². The van der Waals surface area contributed by atoms with Crippen LogP contribution in [0.3, 0.4) is 0 Å². The lowest BCUT2D eigenvalue weighted by Crippen LogP contribution is -2.19. The van der Waals surface area contributed by atoms with E-state index in [1.165, 1.54) is 0 Å². The highest BCUT2D eigenvalue weighted by Gasteiger charge is 2.24. The standard InChI is InChI=1S/C25H28O4/c1-7-23(26)28-17(3)19-9-13-21(14-10-19)25(5,6)22-15-11-20(12-16-22)18(4)29-24(27)8-2/h7-18H,1-2H2,3-6H3. The SMILES string of the molecule is C=CC(=O)OC(C)c1ccc(C(C)(C)c2ccc(C(C)OC(=O)C=C)cc2)cc1. The molecule has 2 aromatic carbocycles. The molecule has 0 fully saturated rings. The molecular weight excluding hydrogens is 364 g/mol. The quantitative estimate of drug-likeness (QED) is 0.434. The van der Waals surface area contributed by atoms with Crippen molar-refractivity contribution in [2.24, 2.45) is 0 Å². The average Bonchev–Trinajstić information content (AvgIpc) is 2.73. The average molecular weight is 392 g/mol. The molecule has 0 N–H and O–H groups in total. The molecule has 0 aromatic heterocycles. The summed E-state index contributed by atoms with van der Waals surface area (Å²) in [6, 6.07) is 16.1. The predicted molar refractivity (Wildman–Crippen MR) is 114 cm³/mol. The van der Waals surface area contributed by atoms with E-state index in [1.807, 2.05) is 38.1 Å². The van der Waals surface area contributed by atoms with Crippen LogP contribution in [0.15, 0.2) is 73.8 Å². The maximum atomic E-state index is 11.4. The zero-order chi connectivity index (χ0) is 21.6. The van der Waals surface area contributed by atoms with Gasteiger partial charge in [-0.25, -0.2) is 9.59 Å². The Balaban J connectivity index is 2.17. The summed E-state index contributed by atoms with van der Waals surface area (Å²) in [7, 11) is 0. The van der Waals surface area contributed by atoms with Crippen LogP contribution in [0.25, 0.3) is 0 Å². The van der Waals surface area contributed by atoms with E-state index in [2.05, 4.69) is 51.3 Å². The van der Waals surface area contributed by atoms with E-state index in [0.29, 0.717) is 0 Å². The summed E-state index contributed by atoms with van der Waals surface area (Å²) >= 11 is 0. The molecule has 2 aromatic rings. The molecule has 0 aliphatic carbocycles. The number of esters is 2. The second-order valence-electron chi connectivity index (χ2n) is 7.44. The van der Waals surface area contributed by atoms with Crippen LogP contribution in [0.1, 0.15) is 62.2 Å². The van der Waals surface area contributed by atoms with E-state index >= 15 is 0 Å². The number of carbonyl (C=O) groups is 2. The Morgan fingerprint density at radius 1 is 0.759 bits per heavy atom. The molecule has 2 unspecified atom stereocenters. The molecule has 152 valence electrons. The zero-order valence-corrected chi connectivity index (χ0v) is 17.5. The maximum Gasteiger partial charge on any atom is 0.330 e. The maximum absolute atomic E-state index is 11.4. The summed E-state index contributed by atoms with van der Waals surface area (Å²) in [5, 5.41) is 0. The first-order chi connectivity index (χ1) is 13.7. The van der Waals surface area contributed by atoms with Crippen molar-refractivity contribution in [2.45, 2.75) is 45.3 Å². The van der Waals surface area contributed by atoms with E-state index in [9.17, 15) is 9.59 Å². The van der Waals surface area contributed by atoms with Crippen molar-refractivity contribution in [3.63, 3.8) is 0 Å². The van der Waals surface area contributed by atoms with Gasteiger partial charge in [0.25, 0.3) is 0 Å². The van der Waals surface area contributed by atoms with E-state index < -0.39 is 11.9 Å². The number of hydrogen-bond donors (Lipinski definition) is 0. The van der Waals surface area contributed by atoms with Gasteiger partial charge in [0.2, 0.25) is 0 Å². The first-order valence-corrected chi connectivity index (χ1v) is 9.56. The summed E-state index contributed by atoms with van der Waals surface area (Å²) in [5.74, 6) is -0.870. The van der Waals surface area contributed by atoms with Gasteiger partial charge in [-0.05, 0) is 36.1 Å². The number of carbonyl (C=O) groups excluding carboxylic acids is 2. The van der Waals surface area contributed by atoms with Crippen LogP contribution in [-0.2, 0) is 24.5 Å². The normalized spacial score (nSPS) is 13.1. The van der Waals surface area contributed by atoms with Gasteiger partial charge < -0.3 is 9.47 Å². The van der Waals surface area contributed by atoms with Gasteiger partial charge in [-0.2, -0.15) is 0 Å². The van der Waals surface area contributed by atoms with Crippen molar-refractivity contribution in [3.05, 3.63) is 96.1 Å². The Bertz CT molecular complexity index is 803. The lowest BCUT2D eigenvalue weighted by molar-refractivity contribution is -0.143. The molecule has 0 aliphatic heterocycles. The van der Waals surface area contributed by atoms with Crippen LogP contribution in [0.2, 0.25) is 0 Å². The number of rotatable bonds is 8. The second-order valence-corrected chi connectivity index (χ2v) is 7.44. The van der Waals surface area contributed by atoms with Crippen LogP contribution >= 0.6 is 0 Å². The second kappa shape index (κ2) is 9.37.